The fourth-order valence-corrected chi connectivity index (χ4v) is 1.74. The monoisotopic (exact) mass is 291 g/mol. The molecule has 0 aliphatic rings. The summed E-state index contributed by atoms with van der Waals surface area (Å²) < 4.78 is 65.4. The third-order valence-corrected chi connectivity index (χ3v) is 2.65. The Morgan fingerprint density at radius 3 is 2.20 bits per heavy atom. The summed E-state index contributed by atoms with van der Waals surface area (Å²) in [4.78, 5) is 0. The van der Waals surface area contributed by atoms with E-state index in [1.165, 1.54) is 0 Å². The van der Waals surface area contributed by atoms with Gasteiger partial charge in [-0.25, -0.2) is 13.5 Å². The van der Waals surface area contributed by atoms with Crippen LogP contribution in [0.1, 0.15) is 11.1 Å². The van der Waals surface area contributed by atoms with Crippen LogP contribution in [-0.4, -0.2) is 16.3 Å². The molecule has 0 aliphatic heterocycles. The molecule has 0 saturated carbocycles. The lowest BCUT2D eigenvalue weighted by Crippen LogP contribution is -2.07. The Bertz CT molecular complexity index is 595. The molecule has 0 atom stereocenters. The highest BCUT2D eigenvalue weighted by Crippen LogP contribution is 2.30. The predicted molar refractivity (Wildman–Crippen MR) is 61.2 cm³/mol. The standard InChI is InChI=1S/C12H10F5N3/c13-9-3-7(1-2-18)4-10(14)11(9)20-6-8(5-19-20)12(15,16)17/h3-6H,1-2,18H2. The van der Waals surface area contributed by atoms with E-state index < -0.39 is 29.1 Å². The summed E-state index contributed by atoms with van der Waals surface area (Å²) in [6.07, 6.45) is -3.32. The quantitative estimate of drug-likeness (QED) is 0.884. The van der Waals surface area contributed by atoms with Gasteiger partial charge < -0.3 is 5.73 Å². The van der Waals surface area contributed by atoms with Crippen LogP contribution in [0.25, 0.3) is 5.69 Å². The van der Waals surface area contributed by atoms with E-state index in [0.717, 1.165) is 12.1 Å². The topological polar surface area (TPSA) is 43.8 Å². The first-order valence-electron chi connectivity index (χ1n) is 5.63. The van der Waals surface area contributed by atoms with Gasteiger partial charge >= 0.3 is 6.18 Å². The van der Waals surface area contributed by atoms with Gasteiger partial charge in [-0.2, -0.15) is 18.3 Å². The minimum Gasteiger partial charge on any atom is -0.330 e. The van der Waals surface area contributed by atoms with Crippen LogP contribution in [0.2, 0.25) is 0 Å². The van der Waals surface area contributed by atoms with Crippen molar-refractivity contribution in [3.63, 3.8) is 0 Å². The van der Waals surface area contributed by atoms with E-state index in [2.05, 4.69) is 5.10 Å². The lowest BCUT2D eigenvalue weighted by Gasteiger charge is -2.08. The Labute approximate surface area is 110 Å². The number of hydrogen-bond acceptors (Lipinski definition) is 2. The van der Waals surface area contributed by atoms with Crippen LogP contribution < -0.4 is 5.73 Å². The number of nitrogens with two attached hydrogens (primary N) is 1. The molecule has 2 N–H and O–H groups in total. The van der Waals surface area contributed by atoms with Crippen LogP contribution in [0.3, 0.4) is 0 Å². The minimum atomic E-state index is -4.62. The molecule has 0 aliphatic carbocycles. The summed E-state index contributed by atoms with van der Waals surface area (Å²) in [7, 11) is 0. The molecule has 8 heteroatoms. The lowest BCUT2D eigenvalue weighted by molar-refractivity contribution is -0.137. The zero-order valence-electron chi connectivity index (χ0n) is 10.1. The van der Waals surface area contributed by atoms with Gasteiger partial charge in [0.1, 0.15) is 5.69 Å². The maximum atomic E-state index is 13.8. The van der Waals surface area contributed by atoms with E-state index in [1.807, 2.05) is 0 Å². The summed E-state index contributed by atoms with van der Waals surface area (Å²) in [5, 5.41) is 3.34. The fourth-order valence-electron chi connectivity index (χ4n) is 1.74. The Kier molecular flexibility index (Phi) is 3.76. The summed E-state index contributed by atoms with van der Waals surface area (Å²) >= 11 is 0. The van der Waals surface area contributed by atoms with E-state index in [0.29, 0.717) is 22.6 Å². The van der Waals surface area contributed by atoms with E-state index >= 15 is 0 Å². The van der Waals surface area contributed by atoms with E-state index in [4.69, 9.17) is 5.73 Å². The SMILES string of the molecule is NCCc1cc(F)c(-n2cc(C(F)(F)F)cn2)c(F)c1. The van der Waals surface area contributed by atoms with Crippen LogP contribution >= 0.6 is 0 Å². The normalized spacial score (nSPS) is 11.9. The average molecular weight is 291 g/mol. The minimum absolute atomic E-state index is 0.207. The number of benzene rings is 1. The van der Waals surface area contributed by atoms with Crippen molar-refractivity contribution in [1.29, 1.82) is 0 Å². The first kappa shape index (κ1) is 14.4. The Morgan fingerprint density at radius 1 is 1.15 bits per heavy atom. The molecule has 0 radical (unpaired) electrons. The molecule has 2 rings (SSSR count). The fraction of sp³-hybridized carbons (Fsp3) is 0.250. The number of halogens is 5. The third-order valence-electron chi connectivity index (χ3n) is 2.65. The molecule has 1 aromatic carbocycles. The van der Waals surface area contributed by atoms with Gasteiger partial charge in [0, 0.05) is 6.20 Å². The maximum absolute atomic E-state index is 13.8. The highest BCUT2D eigenvalue weighted by molar-refractivity contribution is 5.38. The summed E-state index contributed by atoms with van der Waals surface area (Å²) in [6, 6.07) is 2.06. The number of rotatable bonds is 3. The number of alkyl halides is 3. The molecule has 1 aromatic heterocycles. The summed E-state index contributed by atoms with van der Waals surface area (Å²) in [5.74, 6) is -1.99. The molecule has 0 fully saturated rings. The van der Waals surface area contributed by atoms with Crippen molar-refractivity contribution in [3.05, 3.63) is 47.3 Å². The predicted octanol–water partition coefficient (Wildman–Crippen LogP) is 2.67. The van der Waals surface area contributed by atoms with Crippen molar-refractivity contribution in [1.82, 2.24) is 9.78 Å². The highest BCUT2D eigenvalue weighted by atomic mass is 19.4. The third kappa shape index (κ3) is 2.79. The number of nitrogens with zero attached hydrogens (tertiary/aromatic N) is 2. The van der Waals surface area contributed by atoms with E-state index in [9.17, 15) is 22.0 Å². The van der Waals surface area contributed by atoms with Gasteiger partial charge in [0.25, 0.3) is 0 Å². The molecule has 0 unspecified atom stereocenters. The first-order valence-corrected chi connectivity index (χ1v) is 5.63. The second-order valence-corrected chi connectivity index (χ2v) is 4.12. The number of aromatic nitrogens is 2. The van der Waals surface area contributed by atoms with Crippen molar-refractivity contribution >= 4 is 0 Å². The molecule has 2 aromatic rings. The largest absolute Gasteiger partial charge is 0.419 e. The second kappa shape index (κ2) is 5.20. The maximum Gasteiger partial charge on any atom is 0.419 e. The second-order valence-electron chi connectivity index (χ2n) is 4.12. The van der Waals surface area contributed by atoms with Gasteiger partial charge in [-0.3, -0.25) is 0 Å². The van der Waals surface area contributed by atoms with Gasteiger partial charge in [0.15, 0.2) is 11.6 Å². The molecule has 0 spiro atoms. The molecule has 0 saturated heterocycles. The summed E-state index contributed by atoms with van der Waals surface area (Å²) in [6.45, 7) is 0.207. The van der Waals surface area contributed by atoms with Crippen LogP contribution in [0.4, 0.5) is 22.0 Å². The van der Waals surface area contributed by atoms with Crippen LogP contribution in [0.5, 0.6) is 0 Å². The van der Waals surface area contributed by atoms with Gasteiger partial charge in [-0.1, -0.05) is 0 Å². The van der Waals surface area contributed by atoms with Crippen molar-refractivity contribution in [3.8, 4) is 5.69 Å². The zero-order valence-corrected chi connectivity index (χ0v) is 10.1. The Balaban J connectivity index is 2.45. The molecule has 0 bridgehead atoms. The molecule has 108 valence electrons. The first-order chi connectivity index (χ1) is 9.32. The average Bonchev–Trinajstić information content (AvgIpc) is 2.77. The van der Waals surface area contributed by atoms with Gasteiger partial charge in [-0.05, 0) is 30.7 Å². The zero-order chi connectivity index (χ0) is 14.9. The van der Waals surface area contributed by atoms with Crippen LogP contribution in [0.15, 0.2) is 24.5 Å². The van der Waals surface area contributed by atoms with Crippen molar-refractivity contribution < 1.29 is 22.0 Å². The van der Waals surface area contributed by atoms with E-state index in [-0.39, 0.29) is 13.0 Å². The van der Waals surface area contributed by atoms with Gasteiger partial charge in [0.05, 0.1) is 11.8 Å². The van der Waals surface area contributed by atoms with Crippen LogP contribution in [0, 0.1) is 11.6 Å². The lowest BCUT2D eigenvalue weighted by atomic mass is 10.1. The Morgan fingerprint density at radius 2 is 1.75 bits per heavy atom. The van der Waals surface area contributed by atoms with Crippen molar-refractivity contribution in [2.75, 3.05) is 6.54 Å². The molecule has 0 amide bonds. The van der Waals surface area contributed by atoms with Crippen LogP contribution in [-0.2, 0) is 12.6 Å². The van der Waals surface area contributed by atoms with Gasteiger partial charge in [-0.15, -0.1) is 0 Å². The molecule has 20 heavy (non-hydrogen) atoms. The number of hydrogen-bond donors (Lipinski definition) is 1. The van der Waals surface area contributed by atoms with Crippen molar-refractivity contribution in [2.24, 2.45) is 5.73 Å². The smallest absolute Gasteiger partial charge is 0.330 e. The summed E-state index contributed by atoms with van der Waals surface area (Å²) in [5.41, 5.74) is 3.87. The molecular weight excluding hydrogens is 281 g/mol. The highest BCUT2D eigenvalue weighted by Gasteiger charge is 2.32. The van der Waals surface area contributed by atoms with Crippen molar-refractivity contribution in [2.45, 2.75) is 12.6 Å². The Hall–Kier alpha value is -1.96. The van der Waals surface area contributed by atoms with Gasteiger partial charge in [0.2, 0.25) is 0 Å². The van der Waals surface area contributed by atoms with E-state index in [1.54, 1.807) is 0 Å². The molecular formula is C12H10F5N3. The molecule has 3 nitrogen and oxygen atoms in total. The molecule has 1 heterocycles.